The number of hydrogen-bond donors (Lipinski definition) is 2. The van der Waals surface area contributed by atoms with Crippen LogP contribution in [0.1, 0.15) is 55.1 Å². The maximum atomic E-state index is 12.3. The van der Waals surface area contributed by atoms with Gasteiger partial charge in [-0.15, -0.1) is 0 Å². The average molecular weight is 465 g/mol. The lowest BCUT2D eigenvalue weighted by atomic mass is 9.87. The number of carbonyl (C=O) groups is 2. The summed E-state index contributed by atoms with van der Waals surface area (Å²) in [7, 11) is 0. The van der Waals surface area contributed by atoms with Gasteiger partial charge < -0.3 is 15.5 Å². The molecule has 2 aromatic rings. The molecule has 0 atom stereocenters. The number of rotatable bonds is 9. The monoisotopic (exact) mass is 464 g/mol. The summed E-state index contributed by atoms with van der Waals surface area (Å²) in [5.74, 6) is -0.369. The van der Waals surface area contributed by atoms with Crippen molar-refractivity contribution in [2.24, 2.45) is 0 Å². The number of amides is 2. The normalized spacial score (nSPS) is 14.6. The van der Waals surface area contributed by atoms with E-state index in [-0.39, 0.29) is 23.8 Å². The minimum absolute atomic E-state index is 0.000769. The molecule has 2 N–H and O–H groups in total. The predicted octanol–water partition coefficient (Wildman–Crippen LogP) is 3.74. The lowest BCUT2D eigenvalue weighted by molar-refractivity contribution is -0.120. The van der Waals surface area contributed by atoms with Crippen LogP contribution in [0.3, 0.4) is 0 Å². The molecule has 1 aliphatic heterocycles. The van der Waals surface area contributed by atoms with E-state index in [2.05, 4.69) is 72.4 Å². The largest absolute Gasteiger partial charge is 0.369 e. The van der Waals surface area contributed by atoms with Gasteiger partial charge in [-0.25, -0.2) is 0 Å². The molecule has 1 fully saturated rings. The van der Waals surface area contributed by atoms with Crippen LogP contribution in [0.25, 0.3) is 0 Å². The summed E-state index contributed by atoms with van der Waals surface area (Å²) in [6.45, 7) is 14.5. The van der Waals surface area contributed by atoms with Crippen molar-refractivity contribution < 1.29 is 9.59 Å². The molecule has 0 aromatic heterocycles. The molecule has 3 rings (SSSR count). The van der Waals surface area contributed by atoms with Crippen LogP contribution < -0.4 is 15.5 Å². The van der Waals surface area contributed by atoms with Crippen LogP contribution in [-0.4, -0.2) is 62.5 Å². The molecule has 0 spiro atoms. The number of nitrogens with one attached hydrogen (secondary N) is 2. The zero-order valence-electron chi connectivity index (χ0n) is 21.2. The van der Waals surface area contributed by atoms with E-state index < -0.39 is 0 Å². The molecular weight excluding hydrogens is 424 g/mol. The molecular formula is C28H40N4O2. The number of nitrogens with zero attached hydrogens (tertiary/aromatic N) is 2. The summed E-state index contributed by atoms with van der Waals surface area (Å²) in [5.41, 5.74) is 4.41. The van der Waals surface area contributed by atoms with E-state index in [1.165, 1.54) is 16.8 Å². The first-order chi connectivity index (χ1) is 16.2. The number of piperazine rings is 1. The van der Waals surface area contributed by atoms with Gasteiger partial charge in [0.1, 0.15) is 0 Å². The quantitative estimate of drug-likeness (QED) is 0.555. The maximum absolute atomic E-state index is 12.3. The van der Waals surface area contributed by atoms with Crippen molar-refractivity contribution in [1.82, 2.24) is 15.5 Å². The number of anilines is 1. The van der Waals surface area contributed by atoms with Crippen molar-refractivity contribution in [2.75, 3.05) is 50.7 Å². The van der Waals surface area contributed by atoms with Crippen LogP contribution in [0, 0.1) is 6.92 Å². The van der Waals surface area contributed by atoms with Crippen molar-refractivity contribution in [3.63, 3.8) is 0 Å². The fourth-order valence-corrected chi connectivity index (χ4v) is 4.19. The van der Waals surface area contributed by atoms with Gasteiger partial charge in [0, 0.05) is 44.0 Å². The standard InChI is InChI=1S/C28H40N4O2/c1-22-8-7-9-25(20-22)32-18-16-31(17-19-32)15-6-5-14-29-26(33)21-30-27(34)23-10-12-24(13-11-23)28(2,3)4/h7-13,20H,5-6,14-19,21H2,1-4H3,(H,29,33)(H,30,34). The van der Waals surface area contributed by atoms with E-state index in [9.17, 15) is 9.59 Å². The Balaban J connectivity index is 1.26. The topological polar surface area (TPSA) is 64.7 Å². The van der Waals surface area contributed by atoms with Gasteiger partial charge in [-0.3, -0.25) is 14.5 Å². The molecule has 1 heterocycles. The second-order valence-electron chi connectivity index (χ2n) is 10.2. The summed E-state index contributed by atoms with van der Waals surface area (Å²) in [6, 6.07) is 16.3. The van der Waals surface area contributed by atoms with Crippen LogP contribution in [0.15, 0.2) is 48.5 Å². The van der Waals surface area contributed by atoms with Gasteiger partial charge in [0.2, 0.25) is 5.91 Å². The summed E-state index contributed by atoms with van der Waals surface area (Å²) in [6.07, 6.45) is 1.99. The Morgan fingerprint density at radius 3 is 2.26 bits per heavy atom. The van der Waals surface area contributed by atoms with E-state index >= 15 is 0 Å². The second-order valence-corrected chi connectivity index (χ2v) is 10.2. The number of benzene rings is 2. The molecule has 2 amide bonds. The van der Waals surface area contributed by atoms with Crippen molar-refractivity contribution in [3.8, 4) is 0 Å². The van der Waals surface area contributed by atoms with Crippen LogP contribution in [-0.2, 0) is 10.2 Å². The lowest BCUT2D eigenvalue weighted by Gasteiger charge is -2.36. The van der Waals surface area contributed by atoms with E-state index in [1.54, 1.807) is 0 Å². The third-order valence-electron chi connectivity index (χ3n) is 6.38. The molecule has 1 saturated heterocycles. The molecule has 0 bridgehead atoms. The van der Waals surface area contributed by atoms with Crippen LogP contribution >= 0.6 is 0 Å². The van der Waals surface area contributed by atoms with Crippen LogP contribution in [0.4, 0.5) is 5.69 Å². The van der Waals surface area contributed by atoms with Crippen molar-refractivity contribution in [2.45, 2.75) is 46.0 Å². The summed E-state index contributed by atoms with van der Waals surface area (Å²) in [5, 5.41) is 5.62. The number of hydrogen-bond acceptors (Lipinski definition) is 4. The highest BCUT2D eigenvalue weighted by Crippen LogP contribution is 2.22. The number of aryl methyl sites for hydroxylation is 1. The smallest absolute Gasteiger partial charge is 0.251 e. The van der Waals surface area contributed by atoms with Crippen LogP contribution in [0.5, 0.6) is 0 Å². The summed E-state index contributed by atoms with van der Waals surface area (Å²) < 4.78 is 0. The fourth-order valence-electron chi connectivity index (χ4n) is 4.19. The Morgan fingerprint density at radius 2 is 1.62 bits per heavy atom. The van der Waals surface area contributed by atoms with E-state index in [1.807, 2.05) is 24.3 Å². The number of carbonyl (C=O) groups excluding carboxylic acids is 2. The predicted molar refractivity (Wildman–Crippen MR) is 140 cm³/mol. The Labute approximate surface area is 204 Å². The first-order valence-electron chi connectivity index (χ1n) is 12.4. The zero-order chi connectivity index (χ0) is 24.6. The highest BCUT2D eigenvalue weighted by Gasteiger charge is 2.17. The Bertz CT molecular complexity index is 942. The van der Waals surface area contributed by atoms with Crippen LogP contribution in [0.2, 0.25) is 0 Å². The minimum Gasteiger partial charge on any atom is -0.369 e. The molecule has 0 aliphatic carbocycles. The van der Waals surface area contributed by atoms with E-state index in [4.69, 9.17) is 0 Å². The molecule has 2 aromatic carbocycles. The molecule has 6 nitrogen and oxygen atoms in total. The van der Waals surface area contributed by atoms with Gasteiger partial charge in [0.25, 0.3) is 5.91 Å². The molecule has 6 heteroatoms. The second kappa shape index (κ2) is 12.0. The highest BCUT2D eigenvalue weighted by atomic mass is 16.2. The first-order valence-corrected chi connectivity index (χ1v) is 12.4. The SMILES string of the molecule is Cc1cccc(N2CCN(CCCCNC(=O)CNC(=O)c3ccc(C(C)(C)C)cc3)CC2)c1. The lowest BCUT2D eigenvalue weighted by Crippen LogP contribution is -2.46. The number of unbranched alkanes of at least 4 members (excludes halogenated alkanes) is 1. The molecule has 0 radical (unpaired) electrons. The van der Waals surface area contributed by atoms with Crippen molar-refractivity contribution in [1.29, 1.82) is 0 Å². The minimum atomic E-state index is -0.222. The third-order valence-corrected chi connectivity index (χ3v) is 6.38. The highest BCUT2D eigenvalue weighted by molar-refractivity contribution is 5.96. The van der Waals surface area contributed by atoms with E-state index in [0.29, 0.717) is 12.1 Å². The van der Waals surface area contributed by atoms with Gasteiger partial charge >= 0.3 is 0 Å². The Kier molecular flexibility index (Phi) is 9.11. The molecule has 34 heavy (non-hydrogen) atoms. The molecule has 184 valence electrons. The fraction of sp³-hybridized carbons (Fsp3) is 0.500. The van der Waals surface area contributed by atoms with Gasteiger partial charge in [-0.1, -0.05) is 45.0 Å². The summed E-state index contributed by atoms with van der Waals surface area (Å²) in [4.78, 5) is 29.3. The zero-order valence-corrected chi connectivity index (χ0v) is 21.2. The molecule has 0 unspecified atom stereocenters. The Hall–Kier alpha value is -2.86. The molecule has 0 saturated carbocycles. The van der Waals surface area contributed by atoms with E-state index in [0.717, 1.165) is 45.6 Å². The van der Waals surface area contributed by atoms with Gasteiger partial charge in [-0.2, -0.15) is 0 Å². The Morgan fingerprint density at radius 1 is 0.912 bits per heavy atom. The maximum Gasteiger partial charge on any atom is 0.251 e. The van der Waals surface area contributed by atoms with Gasteiger partial charge in [0.05, 0.1) is 6.54 Å². The molecule has 1 aliphatic rings. The van der Waals surface area contributed by atoms with Crippen molar-refractivity contribution >= 4 is 17.5 Å². The summed E-state index contributed by atoms with van der Waals surface area (Å²) >= 11 is 0. The van der Waals surface area contributed by atoms with Crippen molar-refractivity contribution in [3.05, 3.63) is 65.2 Å². The average Bonchev–Trinajstić information content (AvgIpc) is 2.82. The van der Waals surface area contributed by atoms with Gasteiger partial charge in [0.15, 0.2) is 0 Å². The first kappa shape index (κ1) is 25.8. The van der Waals surface area contributed by atoms with Gasteiger partial charge in [-0.05, 0) is 67.1 Å². The third kappa shape index (κ3) is 7.87.